The lowest BCUT2D eigenvalue weighted by molar-refractivity contribution is -0.140. The molecule has 0 aliphatic carbocycles. The first kappa shape index (κ1) is 26.0. The van der Waals surface area contributed by atoms with E-state index < -0.39 is 35.9 Å². The van der Waals surface area contributed by atoms with E-state index >= 15 is 0 Å². The number of primary amides is 1. The highest BCUT2D eigenvalue weighted by Gasteiger charge is 2.20. The highest BCUT2D eigenvalue weighted by atomic mass is 16.4. The van der Waals surface area contributed by atoms with E-state index in [0.29, 0.717) is 12.3 Å². The Balaban J connectivity index is 0. The van der Waals surface area contributed by atoms with E-state index in [1.54, 1.807) is 0 Å². The van der Waals surface area contributed by atoms with Crippen molar-refractivity contribution in [2.75, 3.05) is 6.54 Å². The van der Waals surface area contributed by atoms with E-state index in [-0.39, 0.29) is 12.5 Å². The number of carboxylic acid groups (broad SMARTS) is 3. The van der Waals surface area contributed by atoms with Gasteiger partial charge in [0.1, 0.15) is 18.1 Å². The van der Waals surface area contributed by atoms with Crippen LogP contribution in [0.3, 0.4) is 0 Å². The number of carbonyl (C=O) groups is 4. The molecular weight excluding hydrogens is 348 g/mol. The molecule has 0 spiro atoms. The van der Waals surface area contributed by atoms with Gasteiger partial charge in [0.2, 0.25) is 5.91 Å². The Kier molecular flexibility index (Phi) is 14.0. The van der Waals surface area contributed by atoms with Crippen LogP contribution in [-0.4, -0.2) is 63.8 Å². The molecule has 0 aromatic carbocycles. The number of rotatable bonds is 7. The molecule has 152 valence electrons. The lowest BCUT2D eigenvalue weighted by Crippen LogP contribution is -2.34. The van der Waals surface area contributed by atoms with Crippen LogP contribution in [0.4, 0.5) is 0 Å². The van der Waals surface area contributed by atoms with Crippen LogP contribution in [0.1, 0.15) is 39.5 Å². The lowest BCUT2D eigenvalue weighted by atomic mass is 10.1. The van der Waals surface area contributed by atoms with Gasteiger partial charge in [0.05, 0.1) is 6.42 Å². The van der Waals surface area contributed by atoms with Gasteiger partial charge in [-0.05, 0) is 31.7 Å². The van der Waals surface area contributed by atoms with Crippen molar-refractivity contribution in [1.82, 2.24) is 5.32 Å². The monoisotopic (exact) mass is 378 g/mol. The SMILES string of the molecule is CC(C)CC(N)C(=O)O.NC(=O)CC(N)C(=O)O.O=C(O)[C@@H]1CCCN1. The Bertz CT molecular complexity index is 465. The normalized spacial score (nSPS) is 17.8. The van der Waals surface area contributed by atoms with Crippen LogP contribution in [0.2, 0.25) is 0 Å². The molecule has 2 unspecified atom stereocenters. The standard InChI is InChI=1S/C6H13NO2.C5H9NO2.C4H8N2O3/c1-4(2)3-5(7)6(8)9;7-5(8)4-2-1-3-6-4;5-2(4(8)9)1-3(6)7/h4-5H,3,7H2,1-2H3,(H,8,9);4,6H,1-3H2,(H,7,8);2H,1,5H2,(H2,6,7)(H,8,9)/t;4-;/m.0./s1. The minimum Gasteiger partial charge on any atom is -0.480 e. The van der Waals surface area contributed by atoms with Crippen molar-refractivity contribution in [1.29, 1.82) is 0 Å². The minimum atomic E-state index is -1.21. The molecular formula is C15H30N4O7. The second-order valence-electron chi connectivity index (χ2n) is 6.18. The van der Waals surface area contributed by atoms with E-state index in [0.717, 1.165) is 19.4 Å². The number of aliphatic carboxylic acids is 3. The Morgan fingerprint density at radius 1 is 1.04 bits per heavy atom. The third kappa shape index (κ3) is 15.3. The van der Waals surface area contributed by atoms with Gasteiger partial charge in [-0.25, -0.2) is 0 Å². The first-order valence-electron chi connectivity index (χ1n) is 8.09. The number of hydrogen-bond donors (Lipinski definition) is 7. The molecule has 1 aliphatic rings. The Morgan fingerprint density at radius 3 is 1.69 bits per heavy atom. The number of hydrogen-bond acceptors (Lipinski definition) is 7. The molecule has 26 heavy (non-hydrogen) atoms. The largest absolute Gasteiger partial charge is 0.480 e. The molecule has 0 aromatic heterocycles. The van der Waals surface area contributed by atoms with Crippen LogP contribution in [0.25, 0.3) is 0 Å². The summed E-state index contributed by atoms with van der Waals surface area (Å²) in [6.07, 6.45) is 2.02. The number of carboxylic acids is 3. The molecule has 11 nitrogen and oxygen atoms in total. The second-order valence-corrected chi connectivity index (χ2v) is 6.18. The summed E-state index contributed by atoms with van der Waals surface area (Å²) in [5.41, 5.74) is 14.8. The Hall–Kier alpha value is -2.24. The molecule has 0 saturated carbocycles. The summed E-state index contributed by atoms with van der Waals surface area (Å²) in [4.78, 5) is 40.1. The topological polar surface area (TPSA) is 219 Å². The summed E-state index contributed by atoms with van der Waals surface area (Å²) in [5.74, 6) is -3.19. The van der Waals surface area contributed by atoms with Crippen molar-refractivity contribution in [3.63, 3.8) is 0 Å². The first-order valence-corrected chi connectivity index (χ1v) is 8.09. The maximum absolute atomic E-state index is 10.1. The number of nitrogens with two attached hydrogens (primary N) is 3. The molecule has 1 saturated heterocycles. The van der Waals surface area contributed by atoms with Gasteiger partial charge in [-0.2, -0.15) is 0 Å². The summed E-state index contributed by atoms with van der Waals surface area (Å²) >= 11 is 0. The Labute approximate surface area is 151 Å². The van der Waals surface area contributed by atoms with E-state index in [2.05, 4.69) is 11.1 Å². The fourth-order valence-electron chi connectivity index (χ4n) is 1.81. The highest BCUT2D eigenvalue weighted by molar-refractivity contribution is 5.83. The van der Waals surface area contributed by atoms with Crippen LogP contribution in [0.15, 0.2) is 0 Å². The van der Waals surface area contributed by atoms with E-state index in [4.69, 9.17) is 26.8 Å². The number of amides is 1. The summed E-state index contributed by atoms with van der Waals surface area (Å²) in [7, 11) is 0. The molecule has 0 radical (unpaired) electrons. The van der Waals surface area contributed by atoms with Gasteiger partial charge >= 0.3 is 17.9 Å². The quantitative estimate of drug-likeness (QED) is 0.273. The zero-order chi connectivity index (χ0) is 20.9. The van der Waals surface area contributed by atoms with Gasteiger partial charge in [-0.1, -0.05) is 13.8 Å². The van der Waals surface area contributed by atoms with Crippen LogP contribution in [-0.2, 0) is 19.2 Å². The van der Waals surface area contributed by atoms with E-state index in [9.17, 15) is 19.2 Å². The van der Waals surface area contributed by atoms with Gasteiger partial charge in [-0.15, -0.1) is 0 Å². The van der Waals surface area contributed by atoms with Gasteiger partial charge < -0.3 is 37.8 Å². The van der Waals surface area contributed by atoms with Gasteiger partial charge in [-0.3, -0.25) is 19.2 Å². The molecule has 1 amide bonds. The smallest absolute Gasteiger partial charge is 0.321 e. The average molecular weight is 378 g/mol. The van der Waals surface area contributed by atoms with Crippen molar-refractivity contribution in [3.05, 3.63) is 0 Å². The van der Waals surface area contributed by atoms with Gasteiger partial charge in [0, 0.05) is 0 Å². The minimum absolute atomic E-state index is 0.269. The van der Waals surface area contributed by atoms with E-state index in [1.807, 2.05) is 13.8 Å². The molecule has 1 fully saturated rings. The van der Waals surface area contributed by atoms with Crippen LogP contribution in [0.5, 0.6) is 0 Å². The molecule has 0 bridgehead atoms. The van der Waals surface area contributed by atoms with Crippen molar-refractivity contribution in [3.8, 4) is 0 Å². The Morgan fingerprint density at radius 2 is 1.54 bits per heavy atom. The van der Waals surface area contributed by atoms with Crippen molar-refractivity contribution >= 4 is 23.8 Å². The maximum atomic E-state index is 10.1. The zero-order valence-corrected chi connectivity index (χ0v) is 15.1. The predicted molar refractivity (Wildman–Crippen MR) is 93.1 cm³/mol. The molecule has 10 N–H and O–H groups in total. The van der Waals surface area contributed by atoms with Crippen LogP contribution < -0.4 is 22.5 Å². The van der Waals surface area contributed by atoms with Crippen molar-refractivity contribution in [2.24, 2.45) is 23.1 Å². The summed E-state index contributed by atoms with van der Waals surface area (Å²) in [6.45, 7) is 4.75. The number of nitrogens with one attached hydrogen (secondary N) is 1. The molecule has 1 heterocycles. The first-order chi connectivity index (χ1) is 11.9. The van der Waals surface area contributed by atoms with Crippen LogP contribution >= 0.6 is 0 Å². The molecule has 0 aromatic rings. The highest BCUT2D eigenvalue weighted by Crippen LogP contribution is 2.03. The van der Waals surface area contributed by atoms with Crippen LogP contribution in [0, 0.1) is 5.92 Å². The summed E-state index contributed by atoms with van der Waals surface area (Å²) in [6, 6.07) is -2.12. The molecule has 3 atom stereocenters. The lowest BCUT2D eigenvalue weighted by Gasteiger charge is -2.07. The van der Waals surface area contributed by atoms with Crippen molar-refractivity contribution < 1.29 is 34.5 Å². The third-order valence-corrected chi connectivity index (χ3v) is 3.14. The molecule has 11 heteroatoms. The third-order valence-electron chi connectivity index (χ3n) is 3.14. The second kappa shape index (κ2) is 14.0. The summed E-state index contributed by atoms with van der Waals surface area (Å²) in [5, 5.41) is 27.6. The number of carbonyl (C=O) groups excluding carboxylic acids is 1. The molecule has 1 rings (SSSR count). The average Bonchev–Trinajstić information content (AvgIpc) is 3.01. The van der Waals surface area contributed by atoms with Crippen molar-refractivity contribution in [2.45, 2.75) is 57.7 Å². The summed E-state index contributed by atoms with van der Waals surface area (Å²) < 4.78 is 0. The predicted octanol–water partition coefficient (Wildman–Crippen LogP) is -1.46. The molecule has 1 aliphatic heterocycles. The van der Waals surface area contributed by atoms with Gasteiger partial charge in [0.25, 0.3) is 0 Å². The van der Waals surface area contributed by atoms with Gasteiger partial charge in [0.15, 0.2) is 0 Å². The fourth-order valence-corrected chi connectivity index (χ4v) is 1.81. The van der Waals surface area contributed by atoms with E-state index in [1.165, 1.54) is 0 Å². The fraction of sp³-hybridized carbons (Fsp3) is 0.733. The zero-order valence-electron chi connectivity index (χ0n) is 15.1. The maximum Gasteiger partial charge on any atom is 0.321 e.